The fraction of sp³-hybridized carbons (Fsp3) is 0.500. The first-order valence-corrected chi connectivity index (χ1v) is 11.5. The summed E-state index contributed by atoms with van der Waals surface area (Å²) in [6.07, 6.45) is 0.608. The van der Waals surface area contributed by atoms with Gasteiger partial charge in [-0.05, 0) is 25.0 Å². The van der Waals surface area contributed by atoms with Crippen molar-refractivity contribution in [2.75, 3.05) is 25.0 Å². The van der Waals surface area contributed by atoms with E-state index >= 15 is 0 Å². The molecule has 2 aromatic rings. The molecule has 1 aromatic carbocycles. The van der Waals surface area contributed by atoms with Crippen molar-refractivity contribution in [2.45, 2.75) is 52.1 Å². The Morgan fingerprint density at radius 2 is 1.76 bits per heavy atom. The summed E-state index contributed by atoms with van der Waals surface area (Å²) in [4.78, 5) is 14.5. The number of nitrogens with zero attached hydrogens (tertiary/aromatic N) is 4. The lowest BCUT2D eigenvalue weighted by atomic mass is 10.2. The highest BCUT2D eigenvalue weighted by Crippen LogP contribution is 2.38. The number of carbonyl (C=O) groups is 1. The Labute approximate surface area is 201 Å². The molecule has 1 amide bonds. The van der Waals surface area contributed by atoms with Crippen LogP contribution in [-0.4, -0.2) is 40.2 Å². The largest absolute Gasteiger partial charge is 0.416 e. The molecule has 0 bridgehead atoms. The second-order valence-electron chi connectivity index (χ2n) is 7.48. The van der Waals surface area contributed by atoms with Crippen molar-refractivity contribution in [3.8, 4) is 11.8 Å². The van der Waals surface area contributed by atoms with Gasteiger partial charge in [0, 0.05) is 26.1 Å². The standard InChI is InChI=1S/C22H26Cl2F3N5O/c1-3-5-9-31(10-6-4-2)19(33)7-8-29-21-15(13-28)14-30-32(21)20-17(23)11-16(12-18(20)24)22(25,26)27/h11-12,14,29H,3-10H2,1-2H3. The lowest BCUT2D eigenvalue weighted by Gasteiger charge is -2.22. The molecule has 0 saturated heterocycles. The van der Waals surface area contributed by atoms with Gasteiger partial charge in [-0.3, -0.25) is 4.79 Å². The predicted octanol–water partition coefficient (Wildman–Crippen LogP) is 6.30. The average Bonchev–Trinajstić information content (AvgIpc) is 3.15. The summed E-state index contributed by atoms with van der Waals surface area (Å²) in [7, 11) is 0. The Bertz CT molecular complexity index is 970. The minimum absolute atomic E-state index is 0.00850. The second-order valence-corrected chi connectivity index (χ2v) is 8.30. The molecule has 1 aromatic heterocycles. The Morgan fingerprint density at radius 3 is 2.24 bits per heavy atom. The van der Waals surface area contributed by atoms with Crippen LogP contribution < -0.4 is 5.32 Å². The van der Waals surface area contributed by atoms with Crippen LogP contribution in [0, 0.1) is 11.3 Å². The molecule has 0 fully saturated rings. The maximum Gasteiger partial charge on any atom is 0.416 e. The van der Waals surface area contributed by atoms with Gasteiger partial charge in [0.2, 0.25) is 5.91 Å². The molecule has 0 spiro atoms. The van der Waals surface area contributed by atoms with Crippen LogP contribution in [-0.2, 0) is 11.0 Å². The maximum absolute atomic E-state index is 13.1. The molecule has 0 unspecified atom stereocenters. The van der Waals surface area contributed by atoms with Crippen molar-refractivity contribution in [1.82, 2.24) is 14.7 Å². The van der Waals surface area contributed by atoms with E-state index in [-0.39, 0.29) is 46.0 Å². The van der Waals surface area contributed by atoms with Crippen molar-refractivity contribution in [2.24, 2.45) is 0 Å². The van der Waals surface area contributed by atoms with Crippen molar-refractivity contribution >= 4 is 34.9 Å². The van der Waals surface area contributed by atoms with Crippen molar-refractivity contribution in [3.05, 3.63) is 39.5 Å². The number of hydrogen-bond acceptors (Lipinski definition) is 4. The topological polar surface area (TPSA) is 74.0 Å². The summed E-state index contributed by atoms with van der Waals surface area (Å²) < 4.78 is 40.3. The zero-order chi connectivity index (χ0) is 24.6. The predicted molar refractivity (Wildman–Crippen MR) is 123 cm³/mol. The molecule has 0 aliphatic heterocycles. The molecule has 1 heterocycles. The number of anilines is 1. The Balaban J connectivity index is 2.23. The van der Waals surface area contributed by atoms with E-state index in [0.29, 0.717) is 13.1 Å². The summed E-state index contributed by atoms with van der Waals surface area (Å²) in [6, 6.07) is 3.48. The van der Waals surface area contributed by atoms with E-state index in [1.165, 1.54) is 10.9 Å². The lowest BCUT2D eigenvalue weighted by Crippen LogP contribution is -2.34. The average molecular weight is 504 g/mol. The maximum atomic E-state index is 13.1. The Morgan fingerprint density at radius 1 is 1.18 bits per heavy atom. The van der Waals surface area contributed by atoms with Crippen molar-refractivity contribution < 1.29 is 18.0 Å². The van der Waals surface area contributed by atoms with E-state index < -0.39 is 11.7 Å². The van der Waals surface area contributed by atoms with E-state index in [4.69, 9.17) is 23.2 Å². The van der Waals surface area contributed by atoms with Gasteiger partial charge in [0.15, 0.2) is 0 Å². The highest BCUT2D eigenvalue weighted by atomic mass is 35.5. The molecule has 0 atom stereocenters. The molecule has 180 valence electrons. The van der Waals surface area contributed by atoms with Gasteiger partial charge in [0.05, 0.1) is 21.8 Å². The van der Waals surface area contributed by atoms with Gasteiger partial charge in [-0.15, -0.1) is 0 Å². The van der Waals surface area contributed by atoms with E-state index in [9.17, 15) is 23.2 Å². The number of halogens is 5. The molecule has 33 heavy (non-hydrogen) atoms. The minimum atomic E-state index is -4.61. The zero-order valence-corrected chi connectivity index (χ0v) is 20.0. The quantitative estimate of drug-likeness (QED) is 0.390. The molecule has 6 nitrogen and oxygen atoms in total. The molecule has 1 N–H and O–H groups in total. The summed E-state index contributed by atoms with van der Waals surface area (Å²) in [5.41, 5.74) is -0.842. The van der Waals surface area contributed by atoms with Crippen LogP contribution in [0.5, 0.6) is 0 Å². The number of unbranched alkanes of at least 4 members (excludes halogenated alkanes) is 2. The number of amides is 1. The fourth-order valence-electron chi connectivity index (χ4n) is 3.21. The van der Waals surface area contributed by atoms with Gasteiger partial charge in [-0.2, -0.15) is 23.5 Å². The molecule has 0 radical (unpaired) electrons. The first kappa shape index (κ1) is 26.8. The van der Waals surface area contributed by atoms with Crippen LogP contribution in [0.4, 0.5) is 19.0 Å². The van der Waals surface area contributed by atoms with E-state index in [0.717, 1.165) is 37.8 Å². The van der Waals surface area contributed by atoms with Crippen LogP contribution in [0.25, 0.3) is 5.69 Å². The first-order valence-electron chi connectivity index (χ1n) is 10.7. The first-order chi connectivity index (χ1) is 15.6. The number of hydrogen-bond donors (Lipinski definition) is 1. The van der Waals surface area contributed by atoms with Gasteiger partial charge in [0.1, 0.15) is 23.1 Å². The molecular formula is C22H26Cl2F3N5O. The van der Waals surface area contributed by atoms with Crippen molar-refractivity contribution in [3.63, 3.8) is 0 Å². The van der Waals surface area contributed by atoms with Gasteiger partial charge < -0.3 is 10.2 Å². The SMILES string of the molecule is CCCCN(CCCC)C(=O)CCNc1c(C#N)cnn1-c1c(Cl)cc(C(F)(F)F)cc1Cl. The number of alkyl halides is 3. The summed E-state index contributed by atoms with van der Waals surface area (Å²) in [5.74, 6) is 0.182. The molecule has 2 rings (SSSR count). The number of aromatic nitrogens is 2. The van der Waals surface area contributed by atoms with Crippen molar-refractivity contribution in [1.29, 1.82) is 5.26 Å². The van der Waals surface area contributed by atoms with Crippen LogP contribution >= 0.6 is 23.2 Å². The third kappa shape index (κ3) is 7.02. The van der Waals surface area contributed by atoms with Crippen LogP contribution in [0.2, 0.25) is 10.0 Å². The minimum Gasteiger partial charge on any atom is -0.368 e. The third-order valence-corrected chi connectivity index (χ3v) is 5.57. The summed E-state index contributed by atoms with van der Waals surface area (Å²) >= 11 is 12.2. The fourth-order valence-corrected chi connectivity index (χ4v) is 3.85. The Hall–Kier alpha value is -2.44. The highest BCUT2D eigenvalue weighted by Gasteiger charge is 2.32. The van der Waals surface area contributed by atoms with E-state index in [2.05, 4.69) is 24.3 Å². The number of rotatable bonds is 11. The molecule has 11 heteroatoms. The summed E-state index contributed by atoms with van der Waals surface area (Å²) in [6.45, 7) is 5.70. The number of nitrogens with one attached hydrogen (secondary N) is 1. The molecular weight excluding hydrogens is 478 g/mol. The van der Waals surface area contributed by atoms with Crippen LogP contribution in [0.15, 0.2) is 18.3 Å². The lowest BCUT2D eigenvalue weighted by molar-refractivity contribution is -0.137. The van der Waals surface area contributed by atoms with Gasteiger partial charge in [0.25, 0.3) is 0 Å². The van der Waals surface area contributed by atoms with Crippen LogP contribution in [0.1, 0.15) is 57.1 Å². The van der Waals surface area contributed by atoms with Crippen LogP contribution in [0.3, 0.4) is 0 Å². The number of carbonyl (C=O) groups excluding carboxylic acids is 1. The van der Waals surface area contributed by atoms with Gasteiger partial charge in [-0.25, -0.2) is 4.68 Å². The number of nitriles is 1. The Kier molecular flexibility index (Phi) is 9.87. The molecule has 0 saturated carbocycles. The van der Waals surface area contributed by atoms with Gasteiger partial charge in [-0.1, -0.05) is 49.9 Å². The highest BCUT2D eigenvalue weighted by molar-refractivity contribution is 6.38. The molecule has 0 aliphatic carbocycles. The van der Waals surface area contributed by atoms with E-state index in [1.807, 2.05) is 11.0 Å². The van der Waals surface area contributed by atoms with E-state index in [1.54, 1.807) is 0 Å². The second kappa shape index (κ2) is 12.1. The monoisotopic (exact) mass is 503 g/mol. The smallest absolute Gasteiger partial charge is 0.368 e. The zero-order valence-electron chi connectivity index (χ0n) is 18.5. The third-order valence-electron chi connectivity index (χ3n) is 4.99. The van der Waals surface area contributed by atoms with Gasteiger partial charge >= 0.3 is 6.18 Å². The normalized spacial score (nSPS) is 11.3. The summed E-state index contributed by atoms with van der Waals surface area (Å²) in [5, 5.41) is 16.0. The molecule has 0 aliphatic rings. The number of benzene rings is 1.